The molecule has 2 aliphatic heterocycles. The highest BCUT2D eigenvalue weighted by Crippen LogP contribution is 2.34. The third kappa shape index (κ3) is 6.62. The molecule has 2 aliphatic rings. The number of carbonyl (C=O) groups is 3. The lowest BCUT2D eigenvalue weighted by Gasteiger charge is -2.43. The molecule has 0 saturated carbocycles. The second kappa shape index (κ2) is 12.4. The van der Waals surface area contributed by atoms with Gasteiger partial charge in [0.15, 0.2) is 0 Å². The van der Waals surface area contributed by atoms with Gasteiger partial charge in [-0.1, -0.05) is 45.0 Å². The Labute approximate surface area is 242 Å². The Morgan fingerprint density at radius 3 is 2.24 bits per heavy atom. The summed E-state index contributed by atoms with van der Waals surface area (Å²) in [5.41, 5.74) is 3.42. The summed E-state index contributed by atoms with van der Waals surface area (Å²) >= 11 is 0. The molecule has 2 unspecified atom stereocenters. The molecule has 2 aromatic carbocycles. The lowest BCUT2D eigenvalue weighted by atomic mass is 9.85. The van der Waals surface area contributed by atoms with Crippen LogP contribution in [0, 0.1) is 5.82 Å². The van der Waals surface area contributed by atoms with E-state index >= 15 is 0 Å². The minimum atomic E-state index is -0.646. The number of esters is 1. The van der Waals surface area contributed by atoms with E-state index in [1.165, 1.54) is 24.3 Å². The van der Waals surface area contributed by atoms with Crippen LogP contribution in [0.15, 0.2) is 59.8 Å². The van der Waals surface area contributed by atoms with Crippen molar-refractivity contribution in [2.24, 2.45) is 0 Å². The molecule has 0 spiro atoms. The average Bonchev–Trinajstić information content (AvgIpc) is 2.93. The molecule has 0 radical (unpaired) electrons. The average molecular weight is 565 g/mol. The van der Waals surface area contributed by atoms with Gasteiger partial charge in [0.2, 0.25) is 0 Å². The Morgan fingerprint density at radius 2 is 1.68 bits per heavy atom. The number of ether oxygens (including phenoxy) is 1. The highest BCUT2D eigenvalue weighted by Gasteiger charge is 2.39. The van der Waals surface area contributed by atoms with Crippen molar-refractivity contribution in [3.05, 3.63) is 82.3 Å². The van der Waals surface area contributed by atoms with Crippen LogP contribution in [0.3, 0.4) is 0 Å². The Kier molecular flexibility index (Phi) is 9.17. The molecule has 2 atom stereocenters. The largest absolute Gasteiger partial charge is 0.463 e. The number of amides is 3. The molecule has 0 aliphatic carbocycles. The van der Waals surface area contributed by atoms with Gasteiger partial charge in [-0.3, -0.25) is 14.6 Å². The third-order valence-electron chi connectivity index (χ3n) is 7.80. The van der Waals surface area contributed by atoms with E-state index < -0.39 is 12.0 Å². The zero-order valence-electron chi connectivity index (χ0n) is 24.9. The molecule has 2 aromatic rings. The van der Waals surface area contributed by atoms with Crippen molar-refractivity contribution in [2.75, 3.05) is 39.3 Å². The van der Waals surface area contributed by atoms with Crippen molar-refractivity contribution < 1.29 is 23.5 Å². The van der Waals surface area contributed by atoms with E-state index in [4.69, 9.17) is 4.74 Å². The molecule has 2 heterocycles. The number of nitrogens with zero attached hydrogens (tertiary/aromatic N) is 3. The molecule has 0 bridgehead atoms. The van der Waals surface area contributed by atoms with Crippen LogP contribution in [0.1, 0.15) is 69.1 Å². The van der Waals surface area contributed by atoms with Gasteiger partial charge in [-0.15, -0.1) is 0 Å². The van der Waals surface area contributed by atoms with E-state index in [9.17, 15) is 18.8 Å². The van der Waals surface area contributed by atoms with Crippen molar-refractivity contribution in [2.45, 2.75) is 59.0 Å². The molecule has 8 nitrogen and oxygen atoms in total. The van der Waals surface area contributed by atoms with Gasteiger partial charge in [-0.05, 0) is 61.6 Å². The Bertz CT molecular complexity index is 1300. The Balaban J connectivity index is 1.63. The minimum absolute atomic E-state index is 0.0325. The quantitative estimate of drug-likeness (QED) is 0.485. The standard InChI is InChI=1S/C32H41FN4O4/c1-7-36-26(20-35-17-18-37(21(3)19-35)29(38)23-11-15-25(33)16-12-23)27(30(39)41-8-2)28(34-31(36)40)22-9-13-24(14-10-22)32(4,5)6/h9-16,21,28H,7-8,17-20H2,1-6H3,(H,34,40). The fourth-order valence-corrected chi connectivity index (χ4v) is 5.53. The number of benzene rings is 2. The number of nitrogens with one attached hydrogen (secondary N) is 1. The normalized spacial score (nSPS) is 20.2. The number of likely N-dealkylation sites (N-methyl/N-ethyl adjacent to an activating group) is 1. The number of urea groups is 1. The SMILES string of the molecule is CCOC(=O)C1=C(CN2CCN(C(=O)c3ccc(F)cc3)C(C)C2)N(CC)C(=O)NC1c1ccc(C(C)(C)C)cc1. The highest BCUT2D eigenvalue weighted by molar-refractivity contribution is 5.95. The molecular weight excluding hydrogens is 523 g/mol. The second-order valence-electron chi connectivity index (χ2n) is 11.7. The van der Waals surface area contributed by atoms with Gasteiger partial charge in [0.05, 0.1) is 18.2 Å². The summed E-state index contributed by atoms with van der Waals surface area (Å²) in [6, 6.07) is 12.5. The molecular formula is C32H41FN4O4. The topological polar surface area (TPSA) is 82.2 Å². The van der Waals surface area contributed by atoms with Crippen LogP contribution < -0.4 is 5.32 Å². The molecule has 41 heavy (non-hydrogen) atoms. The van der Waals surface area contributed by atoms with Gasteiger partial charge in [-0.25, -0.2) is 14.0 Å². The molecule has 220 valence electrons. The van der Waals surface area contributed by atoms with E-state index in [2.05, 4.69) is 31.0 Å². The van der Waals surface area contributed by atoms with Crippen LogP contribution in [-0.4, -0.2) is 78.0 Å². The molecule has 3 amide bonds. The number of rotatable bonds is 7. The van der Waals surface area contributed by atoms with E-state index in [0.29, 0.717) is 49.6 Å². The second-order valence-corrected chi connectivity index (χ2v) is 11.7. The van der Waals surface area contributed by atoms with Crippen molar-refractivity contribution in [3.63, 3.8) is 0 Å². The number of halogens is 1. The maximum absolute atomic E-state index is 13.5. The number of piperazine rings is 1. The smallest absolute Gasteiger partial charge is 0.338 e. The molecule has 1 fully saturated rings. The van der Waals surface area contributed by atoms with Crippen molar-refractivity contribution in [3.8, 4) is 0 Å². The fourth-order valence-electron chi connectivity index (χ4n) is 5.53. The van der Waals surface area contributed by atoms with E-state index in [-0.39, 0.29) is 35.8 Å². The van der Waals surface area contributed by atoms with Crippen LogP contribution in [-0.2, 0) is 14.9 Å². The first kappa shape index (κ1) is 30.2. The number of hydrogen-bond acceptors (Lipinski definition) is 5. The van der Waals surface area contributed by atoms with Gasteiger partial charge in [0.25, 0.3) is 5.91 Å². The lowest BCUT2D eigenvalue weighted by molar-refractivity contribution is -0.139. The predicted octanol–water partition coefficient (Wildman–Crippen LogP) is 4.87. The predicted molar refractivity (Wildman–Crippen MR) is 156 cm³/mol. The van der Waals surface area contributed by atoms with Crippen molar-refractivity contribution in [1.82, 2.24) is 20.0 Å². The minimum Gasteiger partial charge on any atom is -0.463 e. The summed E-state index contributed by atoms with van der Waals surface area (Å²) in [4.78, 5) is 45.5. The number of carbonyl (C=O) groups excluding carboxylic acids is 3. The summed E-state index contributed by atoms with van der Waals surface area (Å²) in [6.45, 7) is 14.6. The van der Waals surface area contributed by atoms with Crippen LogP contribution >= 0.6 is 0 Å². The lowest BCUT2D eigenvalue weighted by Crippen LogP contribution is -2.56. The van der Waals surface area contributed by atoms with E-state index in [0.717, 1.165) is 11.1 Å². The van der Waals surface area contributed by atoms with E-state index in [1.807, 2.05) is 38.1 Å². The summed E-state index contributed by atoms with van der Waals surface area (Å²) in [6.07, 6.45) is 0. The first-order valence-electron chi connectivity index (χ1n) is 14.3. The van der Waals surface area contributed by atoms with Gasteiger partial charge >= 0.3 is 12.0 Å². The fraction of sp³-hybridized carbons (Fsp3) is 0.469. The molecule has 1 saturated heterocycles. The summed E-state index contributed by atoms with van der Waals surface area (Å²) in [5, 5.41) is 3.03. The van der Waals surface area contributed by atoms with Crippen LogP contribution in [0.4, 0.5) is 9.18 Å². The summed E-state index contributed by atoms with van der Waals surface area (Å²) in [7, 11) is 0. The van der Waals surface area contributed by atoms with Gasteiger partial charge in [-0.2, -0.15) is 0 Å². The van der Waals surface area contributed by atoms with Gasteiger partial charge in [0, 0.05) is 50.0 Å². The maximum atomic E-state index is 13.5. The highest BCUT2D eigenvalue weighted by atomic mass is 19.1. The zero-order chi connectivity index (χ0) is 29.9. The zero-order valence-corrected chi connectivity index (χ0v) is 24.9. The van der Waals surface area contributed by atoms with Gasteiger partial charge < -0.3 is 15.0 Å². The monoisotopic (exact) mass is 564 g/mol. The molecule has 0 aromatic heterocycles. The summed E-state index contributed by atoms with van der Waals surface area (Å²) < 4.78 is 18.9. The maximum Gasteiger partial charge on any atom is 0.338 e. The molecule has 4 rings (SSSR count). The number of hydrogen-bond donors (Lipinski definition) is 1. The van der Waals surface area contributed by atoms with Crippen LogP contribution in [0.2, 0.25) is 0 Å². The Hall–Kier alpha value is -3.72. The summed E-state index contributed by atoms with van der Waals surface area (Å²) in [5.74, 6) is -0.982. The van der Waals surface area contributed by atoms with Crippen LogP contribution in [0.5, 0.6) is 0 Å². The third-order valence-corrected chi connectivity index (χ3v) is 7.80. The van der Waals surface area contributed by atoms with Gasteiger partial charge in [0.1, 0.15) is 5.82 Å². The van der Waals surface area contributed by atoms with Crippen molar-refractivity contribution >= 4 is 17.9 Å². The Morgan fingerprint density at radius 1 is 1.02 bits per heavy atom. The van der Waals surface area contributed by atoms with Crippen LogP contribution in [0.25, 0.3) is 0 Å². The molecule has 1 N–H and O–H groups in total. The first-order valence-corrected chi connectivity index (χ1v) is 14.3. The van der Waals surface area contributed by atoms with Crippen molar-refractivity contribution in [1.29, 1.82) is 0 Å². The molecule has 9 heteroatoms. The van der Waals surface area contributed by atoms with E-state index in [1.54, 1.807) is 16.7 Å². The first-order chi connectivity index (χ1) is 19.4.